The molecule has 8 aromatic rings. The number of aromatic nitrogens is 2. The summed E-state index contributed by atoms with van der Waals surface area (Å²) in [6.45, 7) is 25.9. The number of benzene rings is 6. The summed E-state index contributed by atoms with van der Waals surface area (Å²) in [4.78, 5) is 9.82. The molecule has 3 heterocycles. The van der Waals surface area contributed by atoms with Gasteiger partial charge in [-0.1, -0.05) is 143 Å². The Morgan fingerprint density at radius 3 is 1.82 bits per heavy atom. The molecule has 0 saturated heterocycles. The van der Waals surface area contributed by atoms with Gasteiger partial charge < -0.3 is 14.5 Å². The number of hydrogen-bond donors (Lipinski definition) is 0. The van der Waals surface area contributed by atoms with Crippen LogP contribution in [0.2, 0.25) is 0 Å². The SMILES string of the molecule is CC(C)(C)c1cc(N2CN(c3cccc(Oc4ccc5c6ccccc6n(-c6cc(C(C)(C)C)ccn6)c5c4)c3)c3ccc(C(C)(C)C)cc32)cc(C(C)(C)c2ccccc2)c1. The van der Waals surface area contributed by atoms with Crippen LogP contribution in [0.5, 0.6) is 11.5 Å². The Kier molecular flexibility index (Phi) is 9.89. The predicted molar refractivity (Wildman–Crippen MR) is 262 cm³/mol. The van der Waals surface area contributed by atoms with E-state index in [2.05, 4.69) is 236 Å². The third-order valence-corrected chi connectivity index (χ3v) is 12.9. The van der Waals surface area contributed by atoms with Gasteiger partial charge in [-0.2, -0.15) is 0 Å². The largest absolute Gasteiger partial charge is 0.457 e. The maximum atomic E-state index is 6.79. The molecule has 0 aliphatic carbocycles. The first-order chi connectivity index (χ1) is 29.4. The minimum absolute atomic E-state index is 0.00378. The molecule has 5 nitrogen and oxygen atoms in total. The Bertz CT molecular complexity index is 2950. The molecule has 1 aliphatic rings. The van der Waals surface area contributed by atoms with Crippen molar-refractivity contribution in [2.75, 3.05) is 16.5 Å². The molecule has 0 unspecified atom stereocenters. The predicted octanol–water partition coefficient (Wildman–Crippen LogP) is 15.4. The average molecular weight is 817 g/mol. The quantitative estimate of drug-likeness (QED) is 0.160. The van der Waals surface area contributed by atoms with E-state index in [0.717, 1.165) is 34.0 Å². The van der Waals surface area contributed by atoms with Crippen LogP contribution in [0.25, 0.3) is 27.6 Å². The molecule has 0 amide bonds. The van der Waals surface area contributed by atoms with E-state index in [1.807, 2.05) is 6.20 Å². The molecule has 5 heteroatoms. The van der Waals surface area contributed by atoms with E-state index < -0.39 is 0 Å². The van der Waals surface area contributed by atoms with Gasteiger partial charge in [-0.3, -0.25) is 4.57 Å². The lowest BCUT2D eigenvalue weighted by atomic mass is 9.75. The second-order valence-electron chi connectivity index (χ2n) is 20.7. The van der Waals surface area contributed by atoms with Gasteiger partial charge in [0.25, 0.3) is 0 Å². The van der Waals surface area contributed by atoms with Crippen LogP contribution in [0.3, 0.4) is 0 Å². The van der Waals surface area contributed by atoms with Crippen LogP contribution < -0.4 is 14.5 Å². The standard InChI is InChI=1S/C57H60N4O/c1-54(2,3)39-24-27-50-52(33-39)60(44-31-41(56(7,8)9)30-42(32-44)57(10,11)38-18-13-12-14-19-38)37-59(50)43-20-17-21-45(35-43)62-46-25-26-48-47-22-15-16-23-49(47)61(51(48)36-46)53-34-40(28-29-58-53)55(4,5)6/h12-36H,37H2,1-11H3. The summed E-state index contributed by atoms with van der Waals surface area (Å²) in [6.07, 6.45) is 1.93. The zero-order valence-electron chi connectivity index (χ0n) is 38.3. The summed E-state index contributed by atoms with van der Waals surface area (Å²) in [6, 6.07) is 53.0. The third-order valence-electron chi connectivity index (χ3n) is 12.9. The van der Waals surface area contributed by atoms with Gasteiger partial charge in [0.1, 0.15) is 24.0 Å². The van der Waals surface area contributed by atoms with Gasteiger partial charge in [-0.25, -0.2) is 4.98 Å². The maximum Gasteiger partial charge on any atom is 0.137 e. The normalized spacial score (nSPS) is 13.6. The zero-order chi connectivity index (χ0) is 43.8. The van der Waals surface area contributed by atoms with Gasteiger partial charge in [-0.05, 0) is 111 Å². The lowest BCUT2D eigenvalue weighted by Crippen LogP contribution is -2.26. The Labute approximate surface area is 368 Å². The van der Waals surface area contributed by atoms with Crippen molar-refractivity contribution in [1.82, 2.24) is 9.55 Å². The van der Waals surface area contributed by atoms with Gasteiger partial charge in [0.2, 0.25) is 0 Å². The average Bonchev–Trinajstić information content (AvgIpc) is 3.79. The molecule has 0 spiro atoms. The first-order valence-corrected chi connectivity index (χ1v) is 22.1. The molecule has 62 heavy (non-hydrogen) atoms. The van der Waals surface area contributed by atoms with E-state index in [1.165, 1.54) is 55.7 Å². The molecular weight excluding hydrogens is 757 g/mol. The van der Waals surface area contributed by atoms with E-state index in [-0.39, 0.29) is 21.7 Å². The highest BCUT2D eigenvalue weighted by Crippen LogP contribution is 2.48. The van der Waals surface area contributed by atoms with Crippen molar-refractivity contribution in [3.05, 3.63) is 180 Å². The molecule has 0 radical (unpaired) electrons. The van der Waals surface area contributed by atoms with E-state index >= 15 is 0 Å². The van der Waals surface area contributed by atoms with Crippen molar-refractivity contribution < 1.29 is 4.74 Å². The van der Waals surface area contributed by atoms with Crippen LogP contribution in [-0.4, -0.2) is 16.2 Å². The molecule has 0 fully saturated rings. The zero-order valence-corrected chi connectivity index (χ0v) is 38.3. The molecule has 0 N–H and O–H groups in total. The van der Waals surface area contributed by atoms with Crippen LogP contribution in [0, 0.1) is 0 Å². The molecule has 0 atom stereocenters. The number of para-hydroxylation sites is 1. The number of rotatable bonds is 7. The lowest BCUT2D eigenvalue weighted by molar-refractivity contribution is 0.483. The monoisotopic (exact) mass is 816 g/mol. The van der Waals surface area contributed by atoms with Gasteiger partial charge in [0.05, 0.1) is 22.4 Å². The molecule has 6 aromatic carbocycles. The molecule has 0 bridgehead atoms. The van der Waals surface area contributed by atoms with E-state index in [4.69, 9.17) is 9.72 Å². The molecule has 314 valence electrons. The number of anilines is 4. The van der Waals surface area contributed by atoms with E-state index in [1.54, 1.807) is 0 Å². The van der Waals surface area contributed by atoms with Gasteiger partial charge >= 0.3 is 0 Å². The van der Waals surface area contributed by atoms with Crippen molar-refractivity contribution in [1.29, 1.82) is 0 Å². The fourth-order valence-corrected chi connectivity index (χ4v) is 8.87. The van der Waals surface area contributed by atoms with Crippen molar-refractivity contribution in [3.63, 3.8) is 0 Å². The van der Waals surface area contributed by atoms with Crippen molar-refractivity contribution in [2.24, 2.45) is 0 Å². The first-order valence-electron chi connectivity index (χ1n) is 22.1. The first kappa shape index (κ1) is 41.0. The molecule has 1 aliphatic heterocycles. The van der Waals surface area contributed by atoms with Crippen molar-refractivity contribution >= 4 is 44.6 Å². The van der Waals surface area contributed by atoms with Gasteiger partial charge in [0, 0.05) is 45.9 Å². The highest BCUT2D eigenvalue weighted by Gasteiger charge is 2.33. The second-order valence-corrected chi connectivity index (χ2v) is 20.7. The summed E-state index contributed by atoms with van der Waals surface area (Å²) >= 11 is 0. The second kappa shape index (κ2) is 14.9. The molecule has 0 saturated carbocycles. The van der Waals surface area contributed by atoms with Crippen LogP contribution in [-0.2, 0) is 21.7 Å². The summed E-state index contributed by atoms with van der Waals surface area (Å²) in [5.74, 6) is 2.46. The van der Waals surface area contributed by atoms with Crippen LogP contribution >= 0.6 is 0 Å². The Morgan fingerprint density at radius 1 is 0.435 bits per heavy atom. The number of fused-ring (bicyclic) bond motifs is 4. The van der Waals surface area contributed by atoms with Gasteiger partial charge in [-0.15, -0.1) is 0 Å². The fourth-order valence-electron chi connectivity index (χ4n) is 8.87. The topological polar surface area (TPSA) is 33.5 Å². The minimum Gasteiger partial charge on any atom is -0.457 e. The van der Waals surface area contributed by atoms with Crippen molar-refractivity contribution in [3.8, 4) is 17.3 Å². The maximum absolute atomic E-state index is 6.79. The van der Waals surface area contributed by atoms with Crippen molar-refractivity contribution in [2.45, 2.75) is 97.8 Å². The van der Waals surface area contributed by atoms with Gasteiger partial charge in [0.15, 0.2) is 0 Å². The lowest BCUT2D eigenvalue weighted by Gasteiger charge is -2.32. The van der Waals surface area contributed by atoms with Crippen LogP contribution in [0.4, 0.5) is 22.7 Å². The number of pyridine rings is 1. The Hall–Kier alpha value is -6.33. The molecular formula is C57H60N4O. The summed E-state index contributed by atoms with van der Waals surface area (Å²) < 4.78 is 9.06. The molecule has 2 aromatic heterocycles. The highest BCUT2D eigenvalue weighted by molar-refractivity contribution is 6.09. The Morgan fingerprint density at radius 2 is 1.08 bits per heavy atom. The summed E-state index contributed by atoms with van der Waals surface area (Å²) in [5, 5.41) is 2.36. The third kappa shape index (κ3) is 7.52. The fraction of sp³-hybridized carbons (Fsp3) is 0.281. The number of hydrogen-bond acceptors (Lipinski definition) is 4. The highest BCUT2D eigenvalue weighted by atomic mass is 16.5. The Balaban J connectivity index is 1.11. The van der Waals surface area contributed by atoms with E-state index in [0.29, 0.717) is 6.67 Å². The van der Waals surface area contributed by atoms with Crippen LogP contribution in [0.1, 0.15) is 104 Å². The number of ether oxygens (including phenoxy) is 1. The summed E-state index contributed by atoms with van der Waals surface area (Å²) in [7, 11) is 0. The smallest absolute Gasteiger partial charge is 0.137 e. The number of nitrogens with zero attached hydrogens (tertiary/aromatic N) is 4. The molecule has 9 rings (SSSR count). The summed E-state index contributed by atoms with van der Waals surface area (Å²) in [5.41, 5.74) is 13.1. The minimum atomic E-state index is -0.192. The van der Waals surface area contributed by atoms with Crippen LogP contribution in [0.15, 0.2) is 152 Å². The van der Waals surface area contributed by atoms with E-state index in [9.17, 15) is 0 Å².